The van der Waals surface area contributed by atoms with Gasteiger partial charge in [0.2, 0.25) is 0 Å². The molecule has 0 spiro atoms. The molecule has 6 heteroatoms. The molecule has 1 atom stereocenters. The minimum Gasteiger partial charge on any atom is -0.327 e. The molecule has 19 heavy (non-hydrogen) atoms. The van der Waals surface area contributed by atoms with Crippen LogP contribution in [0.1, 0.15) is 12.7 Å². The van der Waals surface area contributed by atoms with Crippen LogP contribution in [-0.2, 0) is 23.8 Å². The van der Waals surface area contributed by atoms with Crippen LogP contribution in [0, 0.1) is 0 Å². The Morgan fingerprint density at radius 3 is 2.89 bits per heavy atom. The summed E-state index contributed by atoms with van der Waals surface area (Å²) in [6.45, 7) is 2.63. The van der Waals surface area contributed by atoms with E-state index in [9.17, 15) is 4.21 Å². The average Bonchev–Trinajstić information content (AvgIpc) is 2.73. The van der Waals surface area contributed by atoms with E-state index < -0.39 is 10.8 Å². The van der Waals surface area contributed by atoms with Gasteiger partial charge >= 0.3 is 0 Å². The second-order valence-corrected chi connectivity index (χ2v) is 6.86. The van der Waals surface area contributed by atoms with Crippen molar-refractivity contribution in [3.63, 3.8) is 0 Å². The van der Waals surface area contributed by atoms with Gasteiger partial charge in [-0.25, -0.2) is 4.98 Å². The van der Waals surface area contributed by atoms with Crippen molar-refractivity contribution in [2.45, 2.75) is 19.9 Å². The molecule has 0 radical (unpaired) electrons. The average molecular weight is 319 g/mol. The van der Waals surface area contributed by atoms with E-state index in [1.807, 2.05) is 25.1 Å². The Hall–Kier alpha value is -0.580. The van der Waals surface area contributed by atoms with Crippen LogP contribution in [0.2, 0.25) is 5.02 Å². The zero-order valence-corrected chi connectivity index (χ0v) is 13.1. The van der Waals surface area contributed by atoms with E-state index in [-0.39, 0.29) is 0 Å². The highest BCUT2D eigenvalue weighted by molar-refractivity contribution is 7.84. The van der Waals surface area contributed by atoms with E-state index in [1.165, 1.54) is 0 Å². The van der Waals surface area contributed by atoms with E-state index in [2.05, 4.69) is 9.55 Å². The molecule has 0 saturated heterocycles. The summed E-state index contributed by atoms with van der Waals surface area (Å²) in [4.78, 5) is 4.56. The summed E-state index contributed by atoms with van der Waals surface area (Å²) < 4.78 is 13.7. The largest absolute Gasteiger partial charge is 0.327 e. The van der Waals surface area contributed by atoms with Crippen LogP contribution in [0.15, 0.2) is 18.2 Å². The number of nitrogens with zero attached hydrogens (tertiary/aromatic N) is 2. The molecule has 0 aliphatic rings. The fourth-order valence-corrected chi connectivity index (χ4v) is 3.03. The van der Waals surface area contributed by atoms with E-state index >= 15 is 0 Å². The summed E-state index contributed by atoms with van der Waals surface area (Å²) >= 11 is 11.8. The van der Waals surface area contributed by atoms with Crippen molar-refractivity contribution >= 4 is 45.0 Å². The highest BCUT2D eigenvalue weighted by Crippen LogP contribution is 2.21. The van der Waals surface area contributed by atoms with Gasteiger partial charge in [-0.3, -0.25) is 4.21 Å². The maximum Gasteiger partial charge on any atom is 0.111 e. The van der Waals surface area contributed by atoms with Gasteiger partial charge in [0.25, 0.3) is 0 Å². The molecule has 0 aliphatic heterocycles. The molecule has 0 N–H and O–H groups in total. The Labute approximate surface area is 125 Å². The van der Waals surface area contributed by atoms with Crippen molar-refractivity contribution in [2.24, 2.45) is 0 Å². The number of rotatable bonds is 6. The number of aromatic nitrogens is 2. The molecule has 1 aromatic carbocycles. The van der Waals surface area contributed by atoms with Gasteiger partial charge in [0, 0.05) is 46.2 Å². The molecule has 2 aromatic rings. The number of alkyl halides is 1. The van der Waals surface area contributed by atoms with Crippen molar-refractivity contribution in [1.82, 2.24) is 9.55 Å². The second-order valence-electron chi connectivity index (χ2n) is 4.18. The molecule has 3 nitrogen and oxygen atoms in total. The maximum atomic E-state index is 11.6. The summed E-state index contributed by atoms with van der Waals surface area (Å²) in [6.07, 6.45) is 0.701. The zero-order chi connectivity index (χ0) is 13.8. The molecule has 0 amide bonds. The van der Waals surface area contributed by atoms with Crippen molar-refractivity contribution in [2.75, 3.05) is 17.4 Å². The predicted molar refractivity (Wildman–Crippen MR) is 82.7 cm³/mol. The molecule has 2 rings (SSSR count). The van der Waals surface area contributed by atoms with Crippen molar-refractivity contribution in [3.05, 3.63) is 29.0 Å². The third-order valence-electron chi connectivity index (χ3n) is 2.97. The smallest absolute Gasteiger partial charge is 0.111 e. The van der Waals surface area contributed by atoms with Crippen LogP contribution in [0.25, 0.3) is 11.0 Å². The van der Waals surface area contributed by atoms with Crippen molar-refractivity contribution < 1.29 is 4.21 Å². The van der Waals surface area contributed by atoms with E-state index in [1.54, 1.807) is 0 Å². The first kappa shape index (κ1) is 14.8. The summed E-state index contributed by atoms with van der Waals surface area (Å²) in [5.74, 6) is 2.78. The fraction of sp³-hybridized carbons (Fsp3) is 0.462. The predicted octanol–water partition coefficient (Wildman–Crippen LogP) is 3.24. The first-order valence-electron chi connectivity index (χ1n) is 6.21. The summed E-state index contributed by atoms with van der Waals surface area (Å²) in [7, 11) is -0.779. The lowest BCUT2D eigenvalue weighted by molar-refractivity contribution is 0.671. The molecular weight excluding hydrogens is 303 g/mol. The van der Waals surface area contributed by atoms with Crippen molar-refractivity contribution in [3.8, 4) is 0 Å². The van der Waals surface area contributed by atoms with Crippen LogP contribution in [-0.4, -0.2) is 31.1 Å². The van der Waals surface area contributed by atoms with E-state index in [0.29, 0.717) is 35.4 Å². The third-order valence-corrected chi connectivity index (χ3v) is 4.68. The molecular formula is C13H16Cl2N2OS. The second kappa shape index (κ2) is 6.73. The summed E-state index contributed by atoms with van der Waals surface area (Å²) in [5.41, 5.74) is 1.90. The molecule has 0 fully saturated rings. The summed E-state index contributed by atoms with van der Waals surface area (Å²) in [6, 6.07) is 5.66. The van der Waals surface area contributed by atoms with E-state index in [0.717, 1.165) is 16.9 Å². The third kappa shape index (κ3) is 3.50. The fourth-order valence-electron chi connectivity index (χ4n) is 2.02. The molecule has 1 unspecified atom stereocenters. The van der Waals surface area contributed by atoms with Crippen LogP contribution in [0.4, 0.5) is 0 Å². The number of halogens is 2. The Morgan fingerprint density at radius 1 is 1.42 bits per heavy atom. The number of hydrogen-bond acceptors (Lipinski definition) is 2. The van der Waals surface area contributed by atoms with Crippen LogP contribution in [0.3, 0.4) is 0 Å². The van der Waals surface area contributed by atoms with Gasteiger partial charge in [-0.05, 0) is 18.2 Å². The molecule has 1 heterocycles. The van der Waals surface area contributed by atoms with Gasteiger partial charge in [-0.1, -0.05) is 18.5 Å². The SMILES string of the molecule is CCS(=O)CCn1c(CCCl)nc2cc(Cl)ccc21. The Balaban J connectivity index is 2.37. The lowest BCUT2D eigenvalue weighted by Gasteiger charge is -2.07. The number of benzene rings is 1. The number of imidazole rings is 1. The number of fused-ring (bicyclic) bond motifs is 1. The molecule has 1 aromatic heterocycles. The normalized spacial score (nSPS) is 13.0. The topological polar surface area (TPSA) is 34.9 Å². The Morgan fingerprint density at radius 2 is 2.21 bits per heavy atom. The lowest BCUT2D eigenvalue weighted by Crippen LogP contribution is -2.12. The Kier molecular flexibility index (Phi) is 5.25. The maximum absolute atomic E-state index is 11.6. The monoisotopic (exact) mass is 318 g/mol. The quantitative estimate of drug-likeness (QED) is 0.766. The van der Waals surface area contributed by atoms with Crippen LogP contribution < -0.4 is 0 Å². The minimum atomic E-state index is -0.779. The first-order valence-corrected chi connectivity index (χ1v) is 8.61. The van der Waals surface area contributed by atoms with Crippen LogP contribution >= 0.6 is 23.2 Å². The number of hydrogen-bond donors (Lipinski definition) is 0. The van der Waals surface area contributed by atoms with Gasteiger partial charge in [-0.2, -0.15) is 0 Å². The van der Waals surface area contributed by atoms with Crippen LogP contribution in [0.5, 0.6) is 0 Å². The van der Waals surface area contributed by atoms with Gasteiger partial charge < -0.3 is 4.57 Å². The Bertz CT molecular complexity index is 598. The van der Waals surface area contributed by atoms with Gasteiger partial charge in [0.1, 0.15) is 5.82 Å². The number of aryl methyl sites for hydroxylation is 2. The first-order chi connectivity index (χ1) is 9.15. The highest BCUT2D eigenvalue weighted by Gasteiger charge is 2.11. The van der Waals surface area contributed by atoms with E-state index in [4.69, 9.17) is 23.2 Å². The standard InChI is InChI=1S/C13H16Cl2N2OS/c1-2-19(18)8-7-17-12-4-3-10(15)9-11(12)16-13(17)5-6-14/h3-4,9H,2,5-8H2,1H3. The molecule has 0 aliphatic carbocycles. The highest BCUT2D eigenvalue weighted by atomic mass is 35.5. The van der Waals surface area contributed by atoms with Gasteiger partial charge in [0.15, 0.2) is 0 Å². The van der Waals surface area contributed by atoms with Gasteiger partial charge in [0.05, 0.1) is 11.0 Å². The minimum absolute atomic E-state index is 0.522. The lowest BCUT2D eigenvalue weighted by atomic mass is 10.3. The van der Waals surface area contributed by atoms with Gasteiger partial charge in [-0.15, -0.1) is 11.6 Å². The summed E-state index contributed by atoms with van der Waals surface area (Å²) in [5, 5.41) is 0.673. The van der Waals surface area contributed by atoms with Crippen molar-refractivity contribution in [1.29, 1.82) is 0 Å². The molecule has 104 valence electrons. The molecule has 0 saturated carbocycles. The molecule has 0 bridgehead atoms. The zero-order valence-electron chi connectivity index (χ0n) is 10.7.